The van der Waals surface area contributed by atoms with Gasteiger partial charge in [0, 0.05) is 29.6 Å². The summed E-state index contributed by atoms with van der Waals surface area (Å²) >= 11 is 1.71. The number of aryl methyl sites for hydroxylation is 1. The van der Waals surface area contributed by atoms with E-state index in [-0.39, 0.29) is 5.91 Å². The minimum absolute atomic E-state index is 0.0539. The Morgan fingerprint density at radius 2 is 1.52 bits per heavy atom. The lowest BCUT2D eigenvalue weighted by atomic mass is 10.2. The smallest absolute Gasteiger partial charge is 0.264 e. The summed E-state index contributed by atoms with van der Waals surface area (Å²) in [5.41, 5.74) is 2.68. The molecule has 0 atom stereocenters. The monoisotopic (exact) mass is 371 g/mol. The zero-order valence-electron chi connectivity index (χ0n) is 14.9. The molecule has 0 unspecified atom stereocenters. The molecule has 0 fully saturated rings. The Morgan fingerprint density at radius 1 is 0.889 bits per heavy atom. The highest BCUT2D eigenvalue weighted by Gasteiger charge is 2.17. The number of rotatable bonds is 4. The fourth-order valence-corrected chi connectivity index (χ4v) is 4.03. The van der Waals surface area contributed by atoms with Crippen molar-refractivity contribution in [3.8, 4) is 0 Å². The standard InChI is InChI=1S/C23H19N2OS/c1-24-20-14-8-9-15-21(20)27-22(24)16-17-25(19-12-6-3-7-13-19)23(26)18-10-4-2-5-11-18/h2-17H,1H3/q+1. The molecule has 0 aliphatic carbocycles. The molecule has 0 saturated heterocycles. The fraction of sp³-hybridized carbons (Fsp3) is 0.0435. The van der Waals surface area contributed by atoms with Crippen LogP contribution in [0.1, 0.15) is 15.4 Å². The van der Waals surface area contributed by atoms with Crippen molar-refractivity contribution in [1.82, 2.24) is 0 Å². The first-order chi connectivity index (χ1) is 13.2. The van der Waals surface area contributed by atoms with Gasteiger partial charge in [0.05, 0.1) is 0 Å². The zero-order chi connectivity index (χ0) is 18.6. The molecule has 0 aliphatic heterocycles. The van der Waals surface area contributed by atoms with Crippen LogP contribution in [-0.4, -0.2) is 5.91 Å². The molecule has 0 spiro atoms. The topological polar surface area (TPSA) is 24.2 Å². The summed E-state index contributed by atoms with van der Waals surface area (Å²) in [6, 6.07) is 27.4. The number of carbonyl (C=O) groups excluding carboxylic acids is 1. The van der Waals surface area contributed by atoms with Crippen LogP contribution in [0, 0.1) is 0 Å². The van der Waals surface area contributed by atoms with Crippen molar-refractivity contribution in [1.29, 1.82) is 0 Å². The van der Waals surface area contributed by atoms with Gasteiger partial charge in [0.25, 0.3) is 10.9 Å². The van der Waals surface area contributed by atoms with Gasteiger partial charge in [-0.05, 0) is 30.3 Å². The van der Waals surface area contributed by atoms with Gasteiger partial charge in [0.1, 0.15) is 11.7 Å². The Bertz CT molecular complexity index is 1100. The highest BCUT2D eigenvalue weighted by molar-refractivity contribution is 7.18. The van der Waals surface area contributed by atoms with Crippen LogP contribution in [0.5, 0.6) is 0 Å². The second-order valence-corrected chi connectivity index (χ2v) is 7.22. The van der Waals surface area contributed by atoms with Gasteiger partial charge in [-0.3, -0.25) is 9.69 Å². The minimum Gasteiger partial charge on any atom is -0.284 e. The number of aromatic nitrogens is 1. The van der Waals surface area contributed by atoms with Crippen molar-refractivity contribution in [2.75, 3.05) is 4.90 Å². The van der Waals surface area contributed by atoms with Crippen LogP contribution in [0.2, 0.25) is 0 Å². The molecule has 4 rings (SSSR count). The predicted octanol–water partition coefficient (Wildman–Crippen LogP) is 5.04. The van der Waals surface area contributed by atoms with E-state index in [1.807, 2.05) is 92.1 Å². The fourth-order valence-electron chi connectivity index (χ4n) is 2.98. The Morgan fingerprint density at radius 3 is 2.22 bits per heavy atom. The largest absolute Gasteiger partial charge is 0.284 e. The summed E-state index contributed by atoms with van der Waals surface area (Å²) in [5.74, 6) is -0.0539. The number of hydrogen-bond acceptors (Lipinski definition) is 2. The summed E-state index contributed by atoms with van der Waals surface area (Å²) in [4.78, 5) is 14.8. The second kappa shape index (κ2) is 7.56. The molecule has 3 aromatic carbocycles. The number of hydrogen-bond donors (Lipinski definition) is 0. The van der Waals surface area contributed by atoms with Crippen LogP contribution in [-0.2, 0) is 7.05 Å². The van der Waals surface area contributed by atoms with E-state index in [4.69, 9.17) is 0 Å². The summed E-state index contributed by atoms with van der Waals surface area (Å²) in [6.45, 7) is 0. The van der Waals surface area contributed by atoms with Crippen molar-refractivity contribution in [3.05, 3.63) is 102 Å². The van der Waals surface area contributed by atoms with E-state index in [1.165, 1.54) is 10.2 Å². The van der Waals surface area contributed by atoms with Crippen molar-refractivity contribution in [3.63, 3.8) is 0 Å². The van der Waals surface area contributed by atoms with Gasteiger partial charge in [0.15, 0.2) is 0 Å². The average molecular weight is 371 g/mol. The number of benzene rings is 3. The van der Waals surface area contributed by atoms with Crippen molar-refractivity contribution < 1.29 is 9.36 Å². The molecule has 1 heterocycles. The average Bonchev–Trinajstić information content (AvgIpc) is 3.05. The third kappa shape index (κ3) is 3.52. The van der Waals surface area contributed by atoms with Gasteiger partial charge in [-0.1, -0.05) is 59.9 Å². The highest BCUT2D eigenvalue weighted by Crippen LogP contribution is 2.22. The first-order valence-corrected chi connectivity index (χ1v) is 9.55. The molecule has 0 N–H and O–H groups in total. The van der Waals surface area contributed by atoms with Crippen LogP contribution in [0.25, 0.3) is 16.3 Å². The summed E-state index contributed by atoms with van der Waals surface area (Å²) in [6.07, 6.45) is 3.86. The lowest BCUT2D eigenvalue weighted by molar-refractivity contribution is -0.642. The number of carbonyl (C=O) groups is 1. The maximum atomic E-state index is 13.1. The van der Waals surface area contributed by atoms with Gasteiger partial charge in [0.2, 0.25) is 5.52 Å². The summed E-state index contributed by atoms with van der Waals surface area (Å²) < 4.78 is 3.37. The summed E-state index contributed by atoms with van der Waals surface area (Å²) in [5, 5.41) is 1.08. The third-order valence-electron chi connectivity index (χ3n) is 4.41. The predicted molar refractivity (Wildman–Crippen MR) is 112 cm³/mol. The van der Waals surface area contributed by atoms with Crippen molar-refractivity contribution >= 4 is 39.2 Å². The second-order valence-electron chi connectivity index (χ2n) is 6.16. The first kappa shape index (κ1) is 17.2. The van der Waals surface area contributed by atoms with Gasteiger partial charge >= 0.3 is 0 Å². The van der Waals surface area contributed by atoms with E-state index < -0.39 is 0 Å². The van der Waals surface area contributed by atoms with Gasteiger partial charge < -0.3 is 0 Å². The molecule has 1 aromatic heterocycles. The molecule has 4 heteroatoms. The van der Waals surface area contributed by atoms with E-state index in [9.17, 15) is 4.79 Å². The number of fused-ring (bicyclic) bond motifs is 1. The SMILES string of the molecule is C[n+]1c(C=CN(C(=O)c2ccccc2)c2ccccc2)sc2ccccc21. The molecule has 4 aromatic rings. The quantitative estimate of drug-likeness (QED) is 0.461. The first-order valence-electron chi connectivity index (χ1n) is 8.73. The van der Waals surface area contributed by atoms with Gasteiger partial charge in [-0.2, -0.15) is 4.57 Å². The molecular formula is C23H19N2OS+. The van der Waals surface area contributed by atoms with E-state index in [0.29, 0.717) is 5.56 Å². The van der Waals surface area contributed by atoms with Crippen LogP contribution in [0.3, 0.4) is 0 Å². The Labute approximate surface area is 162 Å². The number of para-hydroxylation sites is 2. The number of thiazole rings is 1. The highest BCUT2D eigenvalue weighted by atomic mass is 32.1. The zero-order valence-corrected chi connectivity index (χ0v) is 15.8. The Balaban J connectivity index is 1.73. The lowest BCUT2D eigenvalue weighted by Gasteiger charge is -2.18. The van der Waals surface area contributed by atoms with Gasteiger partial charge in [-0.25, -0.2) is 0 Å². The maximum absolute atomic E-state index is 13.1. The molecule has 27 heavy (non-hydrogen) atoms. The molecule has 0 saturated carbocycles. The van der Waals surface area contributed by atoms with E-state index in [1.54, 1.807) is 16.2 Å². The number of anilines is 1. The van der Waals surface area contributed by atoms with E-state index in [2.05, 4.69) is 16.7 Å². The third-order valence-corrected chi connectivity index (χ3v) is 5.60. The molecular weight excluding hydrogens is 352 g/mol. The van der Waals surface area contributed by atoms with E-state index >= 15 is 0 Å². The van der Waals surface area contributed by atoms with Crippen molar-refractivity contribution in [2.24, 2.45) is 7.05 Å². The minimum atomic E-state index is -0.0539. The molecule has 3 nitrogen and oxygen atoms in total. The number of amides is 1. The Kier molecular flexibility index (Phi) is 4.81. The van der Waals surface area contributed by atoms with E-state index in [0.717, 1.165) is 10.7 Å². The van der Waals surface area contributed by atoms with Crippen molar-refractivity contribution in [2.45, 2.75) is 0 Å². The van der Waals surface area contributed by atoms with Crippen LogP contribution < -0.4 is 9.47 Å². The molecule has 0 bridgehead atoms. The van der Waals surface area contributed by atoms with Gasteiger partial charge in [-0.15, -0.1) is 0 Å². The molecule has 0 aliphatic rings. The van der Waals surface area contributed by atoms with Crippen LogP contribution in [0.15, 0.2) is 91.1 Å². The van der Waals surface area contributed by atoms with Crippen LogP contribution >= 0.6 is 11.3 Å². The summed E-state index contributed by atoms with van der Waals surface area (Å²) in [7, 11) is 2.05. The number of nitrogens with zero attached hydrogens (tertiary/aromatic N) is 2. The molecule has 1 amide bonds. The Hall–Kier alpha value is -3.24. The molecule has 0 radical (unpaired) electrons. The normalized spacial score (nSPS) is 11.1. The maximum Gasteiger partial charge on any atom is 0.264 e. The molecule has 132 valence electrons. The lowest BCUT2D eigenvalue weighted by Crippen LogP contribution is -2.29. The van der Waals surface area contributed by atoms with Crippen LogP contribution in [0.4, 0.5) is 5.69 Å².